The van der Waals surface area contributed by atoms with Crippen molar-refractivity contribution in [1.82, 2.24) is 15.2 Å². The van der Waals surface area contributed by atoms with Crippen molar-refractivity contribution in [2.75, 3.05) is 13.1 Å². The van der Waals surface area contributed by atoms with E-state index in [2.05, 4.69) is 15.2 Å². The van der Waals surface area contributed by atoms with Gasteiger partial charge in [0.2, 0.25) is 5.91 Å². The third-order valence-electron chi connectivity index (χ3n) is 4.48. The minimum atomic E-state index is -4.40. The number of rotatable bonds is 5. The number of nitrogens with zero attached hydrogens (tertiary/aromatic N) is 2. The van der Waals surface area contributed by atoms with Gasteiger partial charge in [-0.15, -0.1) is 0 Å². The Hall–Kier alpha value is -2.41. The molecule has 0 radical (unpaired) electrons. The van der Waals surface area contributed by atoms with E-state index in [1.54, 1.807) is 24.5 Å². The summed E-state index contributed by atoms with van der Waals surface area (Å²) in [6.07, 6.45) is 0.959. The Balaban J connectivity index is 1.72. The van der Waals surface area contributed by atoms with Crippen LogP contribution in [0.15, 0.2) is 48.8 Å². The highest BCUT2D eigenvalue weighted by atomic mass is 19.4. The molecule has 7 heteroatoms. The summed E-state index contributed by atoms with van der Waals surface area (Å²) in [5, 5.41) is 2.78. The molecule has 0 bridgehead atoms. The van der Waals surface area contributed by atoms with Crippen LogP contribution in [0.1, 0.15) is 35.6 Å². The summed E-state index contributed by atoms with van der Waals surface area (Å²) >= 11 is 0. The first-order chi connectivity index (χ1) is 12.4. The van der Waals surface area contributed by atoms with Crippen LogP contribution < -0.4 is 5.32 Å². The quantitative estimate of drug-likeness (QED) is 0.884. The van der Waals surface area contributed by atoms with Gasteiger partial charge < -0.3 is 5.32 Å². The summed E-state index contributed by atoms with van der Waals surface area (Å²) in [5.41, 5.74) is 0.489. The number of likely N-dealkylation sites (tertiary alicyclic amines) is 1. The minimum absolute atomic E-state index is 0.0490. The lowest BCUT2D eigenvalue weighted by Gasteiger charge is -2.26. The van der Waals surface area contributed by atoms with Crippen molar-refractivity contribution < 1.29 is 18.0 Å². The molecule has 1 fully saturated rings. The van der Waals surface area contributed by atoms with Crippen LogP contribution in [-0.2, 0) is 17.5 Å². The number of nitrogens with one attached hydrogen (secondary N) is 1. The molecule has 1 atom stereocenters. The molecule has 1 aliphatic rings. The second-order valence-corrected chi connectivity index (χ2v) is 6.35. The van der Waals surface area contributed by atoms with E-state index >= 15 is 0 Å². The van der Waals surface area contributed by atoms with Gasteiger partial charge in [0.05, 0.1) is 5.56 Å². The fraction of sp³-hybridized carbons (Fsp3) is 0.368. The lowest BCUT2D eigenvalue weighted by Crippen LogP contribution is -2.39. The number of amides is 1. The van der Waals surface area contributed by atoms with Crippen molar-refractivity contribution in [2.24, 2.45) is 0 Å². The molecule has 1 N–H and O–H groups in total. The van der Waals surface area contributed by atoms with Crippen LogP contribution in [0.5, 0.6) is 0 Å². The number of carbonyl (C=O) groups excluding carboxylic acids is 1. The summed E-state index contributed by atoms with van der Waals surface area (Å²) in [6.45, 7) is 1.68. The van der Waals surface area contributed by atoms with Gasteiger partial charge >= 0.3 is 6.18 Å². The Morgan fingerprint density at radius 1 is 1.19 bits per heavy atom. The molecule has 0 spiro atoms. The SMILES string of the molecule is O=C(NCc1cccc(C(F)(F)F)c1)[C@H](c1cccnc1)N1CCCC1. The predicted molar refractivity (Wildman–Crippen MR) is 91.1 cm³/mol. The number of pyridine rings is 1. The molecule has 4 nitrogen and oxygen atoms in total. The van der Waals surface area contributed by atoms with E-state index in [9.17, 15) is 18.0 Å². The first-order valence-corrected chi connectivity index (χ1v) is 8.53. The molecule has 1 saturated heterocycles. The first kappa shape index (κ1) is 18.4. The lowest BCUT2D eigenvalue weighted by atomic mass is 10.1. The number of hydrogen-bond acceptors (Lipinski definition) is 3. The van der Waals surface area contributed by atoms with Crippen LogP contribution in [0.4, 0.5) is 13.2 Å². The highest BCUT2D eigenvalue weighted by molar-refractivity contribution is 5.83. The smallest absolute Gasteiger partial charge is 0.350 e. The number of hydrogen-bond donors (Lipinski definition) is 1. The Bertz CT molecular complexity index is 743. The van der Waals surface area contributed by atoms with Crippen molar-refractivity contribution >= 4 is 5.91 Å². The fourth-order valence-corrected chi connectivity index (χ4v) is 3.21. The number of halogens is 3. The van der Waals surface area contributed by atoms with Gasteiger partial charge in [0.1, 0.15) is 6.04 Å². The maximum Gasteiger partial charge on any atom is 0.416 e. The lowest BCUT2D eigenvalue weighted by molar-refractivity contribution is -0.137. The highest BCUT2D eigenvalue weighted by Gasteiger charge is 2.31. The zero-order valence-electron chi connectivity index (χ0n) is 14.2. The molecule has 0 aliphatic carbocycles. The van der Waals surface area contributed by atoms with Gasteiger partial charge in [-0.3, -0.25) is 14.7 Å². The predicted octanol–water partition coefficient (Wildman–Crippen LogP) is 3.55. The van der Waals surface area contributed by atoms with E-state index in [1.165, 1.54) is 6.07 Å². The summed E-state index contributed by atoms with van der Waals surface area (Å²) in [4.78, 5) is 18.9. The first-order valence-electron chi connectivity index (χ1n) is 8.53. The van der Waals surface area contributed by atoms with E-state index < -0.39 is 17.8 Å². The van der Waals surface area contributed by atoms with Crippen LogP contribution in [0.3, 0.4) is 0 Å². The normalized spacial score (nSPS) is 16.4. The average molecular weight is 363 g/mol. The zero-order valence-corrected chi connectivity index (χ0v) is 14.2. The summed E-state index contributed by atoms with van der Waals surface area (Å²) in [6, 6.07) is 8.16. The number of benzene rings is 1. The molecule has 0 saturated carbocycles. The zero-order chi connectivity index (χ0) is 18.6. The fourth-order valence-electron chi connectivity index (χ4n) is 3.21. The van der Waals surface area contributed by atoms with Crippen LogP contribution in [-0.4, -0.2) is 28.9 Å². The van der Waals surface area contributed by atoms with Crippen molar-refractivity contribution in [3.05, 3.63) is 65.5 Å². The van der Waals surface area contributed by atoms with E-state index in [-0.39, 0.29) is 12.5 Å². The minimum Gasteiger partial charge on any atom is -0.350 e. The van der Waals surface area contributed by atoms with Crippen LogP contribution in [0, 0.1) is 0 Å². The van der Waals surface area contributed by atoms with E-state index in [0.717, 1.165) is 43.6 Å². The van der Waals surface area contributed by atoms with E-state index in [0.29, 0.717) is 5.56 Å². The van der Waals surface area contributed by atoms with Crippen LogP contribution in [0.2, 0.25) is 0 Å². The molecular formula is C19H20F3N3O. The second kappa shape index (κ2) is 7.86. The molecule has 1 amide bonds. The molecule has 3 rings (SSSR count). The summed E-state index contributed by atoms with van der Waals surface area (Å²) in [7, 11) is 0. The Morgan fingerprint density at radius 2 is 1.96 bits per heavy atom. The van der Waals surface area contributed by atoms with Gasteiger partial charge in [-0.05, 0) is 55.3 Å². The van der Waals surface area contributed by atoms with Crippen molar-refractivity contribution in [1.29, 1.82) is 0 Å². The van der Waals surface area contributed by atoms with E-state index in [4.69, 9.17) is 0 Å². The molecular weight excluding hydrogens is 343 g/mol. The topological polar surface area (TPSA) is 45.2 Å². The third-order valence-corrected chi connectivity index (χ3v) is 4.48. The maximum absolute atomic E-state index is 12.8. The van der Waals surface area contributed by atoms with Crippen molar-refractivity contribution in [3.8, 4) is 0 Å². The molecule has 138 valence electrons. The Kier molecular flexibility index (Phi) is 5.56. The van der Waals surface area contributed by atoms with E-state index in [1.807, 2.05) is 6.07 Å². The standard InChI is InChI=1S/C19H20F3N3O/c20-19(21,22)16-7-3-5-14(11-16)12-24-18(26)17(25-9-1-2-10-25)15-6-4-8-23-13-15/h3-8,11,13,17H,1-2,9-10,12H2,(H,24,26)/t17-/m0/s1. The summed E-state index contributed by atoms with van der Waals surface area (Å²) < 4.78 is 38.5. The maximum atomic E-state index is 12.8. The van der Waals surface area contributed by atoms with Crippen molar-refractivity contribution in [3.63, 3.8) is 0 Å². The number of alkyl halides is 3. The molecule has 1 aromatic heterocycles. The number of aromatic nitrogens is 1. The second-order valence-electron chi connectivity index (χ2n) is 6.35. The molecule has 0 unspecified atom stereocenters. The van der Waals surface area contributed by atoms with Crippen LogP contribution >= 0.6 is 0 Å². The molecule has 1 aromatic carbocycles. The van der Waals surface area contributed by atoms with Gasteiger partial charge in [-0.25, -0.2) is 0 Å². The van der Waals surface area contributed by atoms with Gasteiger partial charge in [0.15, 0.2) is 0 Å². The van der Waals surface area contributed by atoms with Gasteiger partial charge in [0.25, 0.3) is 0 Å². The molecule has 2 aromatic rings. The molecule has 2 heterocycles. The largest absolute Gasteiger partial charge is 0.416 e. The van der Waals surface area contributed by atoms with Gasteiger partial charge in [0, 0.05) is 18.9 Å². The Labute approximate surface area is 150 Å². The monoisotopic (exact) mass is 363 g/mol. The van der Waals surface area contributed by atoms with Gasteiger partial charge in [-0.1, -0.05) is 18.2 Å². The van der Waals surface area contributed by atoms with Crippen LogP contribution in [0.25, 0.3) is 0 Å². The van der Waals surface area contributed by atoms with Crippen molar-refractivity contribution in [2.45, 2.75) is 31.6 Å². The average Bonchev–Trinajstić information content (AvgIpc) is 3.15. The molecule has 1 aliphatic heterocycles. The third kappa shape index (κ3) is 4.40. The molecule has 26 heavy (non-hydrogen) atoms. The summed E-state index contributed by atoms with van der Waals surface area (Å²) in [5.74, 6) is -0.225. The number of carbonyl (C=O) groups is 1. The highest BCUT2D eigenvalue weighted by Crippen LogP contribution is 2.29. The Morgan fingerprint density at radius 3 is 2.62 bits per heavy atom. The van der Waals surface area contributed by atoms with Gasteiger partial charge in [-0.2, -0.15) is 13.2 Å².